The highest BCUT2D eigenvalue weighted by molar-refractivity contribution is 6.09. The highest BCUT2D eigenvalue weighted by atomic mass is 35.5. The Morgan fingerprint density at radius 2 is 1.97 bits per heavy atom. The van der Waals surface area contributed by atoms with E-state index in [0.29, 0.717) is 32.5 Å². The third kappa shape index (κ3) is 3.50. The van der Waals surface area contributed by atoms with Crippen molar-refractivity contribution in [2.45, 2.75) is 43.7 Å². The molecule has 4 amide bonds. The summed E-state index contributed by atoms with van der Waals surface area (Å²) >= 11 is 0. The van der Waals surface area contributed by atoms with E-state index < -0.39 is 5.54 Å². The Labute approximate surface area is 176 Å². The van der Waals surface area contributed by atoms with Crippen LogP contribution in [0.4, 0.5) is 4.79 Å². The maximum Gasteiger partial charge on any atom is 0.327 e. The summed E-state index contributed by atoms with van der Waals surface area (Å²) in [5.41, 5.74) is -0.752. The Hall–Kier alpha value is -2.13. The van der Waals surface area contributed by atoms with Gasteiger partial charge in [0.2, 0.25) is 5.91 Å². The van der Waals surface area contributed by atoms with E-state index in [0.717, 1.165) is 30.0 Å². The van der Waals surface area contributed by atoms with Gasteiger partial charge in [-0.25, -0.2) is 9.78 Å². The quantitative estimate of drug-likeness (QED) is 0.728. The Morgan fingerprint density at radius 1 is 1.24 bits per heavy atom. The summed E-state index contributed by atoms with van der Waals surface area (Å²) in [6.07, 6.45) is 7.88. The summed E-state index contributed by atoms with van der Waals surface area (Å²) in [6, 6.07) is -0.570. The monoisotopic (exact) mass is 424 g/mol. The summed E-state index contributed by atoms with van der Waals surface area (Å²) < 4.78 is 1.90. The molecule has 1 atom stereocenters. The summed E-state index contributed by atoms with van der Waals surface area (Å²) in [5, 5.41) is 3.30. The maximum absolute atomic E-state index is 13.1. The smallest absolute Gasteiger partial charge is 0.327 e. The maximum atomic E-state index is 13.1. The number of rotatable bonds is 3. The molecule has 3 fully saturated rings. The SMILES string of the molecule is CN1C(=O)N(CC(=O)N2CCNCC2c2nccn2C)C(=O)C12CCCCC2.Cl. The predicted molar refractivity (Wildman–Crippen MR) is 108 cm³/mol. The van der Waals surface area contributed by atoms with Crippen LogP contribution in [0.25, 0.3) is 0 Å². The molecule has 3 heterocycles. The summed E-state index contributed by atoms with van der Waals surface area (Å²) in [4.78, 5) is 47.9. The molecule has 10 heteroatoms. The lowest BCUT2D eigenvalue weighted by atomic mass is 9.81. The number of hydrogen-bond acceptors (Lipinski definition) is 5. The molecule has 1 aromatic rings. The van der Waals surface area contributed by atoms with E-state index in [1.165, 1.54) is 0 Å². The molecule has 160 valence electrons. The lowest BCUT2D eigenvalue weighted by Gasteiger charge is -2.36. The van der Waals surface area contributed by atoms with Gasteiger partial charge >= 0.3 is 6.03 Å². The van der Waals surface area contributed by atoms with Crippen LogP contribution in [-0.4, -0.2) is 80.9 Å². The van der Waals surface area contributed by atoms with Gasteiger partial charge in [0.25, 0.3) is 5.91 Å². The van der Waals surface area contributed by atoms with Crippen LogP contribution in [-0.2, 0) is 16.6 Å². The first-order valence-electron chi connectivity index (χ1n) is 10.0. The second-order valence-corrected chi connectivity index (χ2v) is 8.03. The molecule has 0 aromatic carbocycles. The van der Waals surface area contributed by atoms with E-state index in [1.54, 1.807) is 23.0 Å². The molecule has 2 saturated heterocycles. The second kappa shape index (κ2) is 8.31. The van der Waals surface area contributed by atoms with Crippen LogP contribution in [0.15, 0.2) is 12.4 Å². The number of nitrogens with one attached hydrogen (secondary N) is 1. The van der Waals surface area contributed by atoms with E-state index in [1.807, 2.05) is 17.8 Å². The van der Waals surface area contributed by atoms with Crippen LogP contribution >= 0.6 is 12.4 Å². The first kappa shape index (κ1) is 21.6. The number of likely N-dealkylation sites (N-methyl/N-ethyl adjacent to an activating group) is 1. The molecule has 1 N–H and O–H groups in total. The number of carbonyl (C=O) groups is 3. The second-order valence-electron chi connectivity index (χ2n) is 8.03. The standard InChI is InChI=1S/C19H28N6O3.ClH/c1-22-10-9-21-16(22)14-12-20-8-11-24(14)15(26)13-25-17(27)19(23(2)18(25)28)6-4-3-5-7-19;/h9-10,14,20H,3-8,11-13H2,1-2H3;1H. The zero-order valence-corrected chi connectivity index (χ0v) is 17.8. The molecule has 1 spiro atoms. The van der Waals surface area contributed by atoms with Crippen molar-refractivity contribution in [1.82, 2.24) is 29.6 Å². The van der Waals surface area contributed by atoms with Crippen LogP contribution in [0, 0.1) is 0 Å². The third-order valence-electron chi connectivity index (χ3n) is 6.50. The van der Waals surface area contributed by atoms with Crippen molar-refractivity contribution in [3.05, 3.63) is 18.2 Å². The number of halogens is 1. The number of urea groups is 1. The number of aromatic nitrogens is 2. The lowest BCUT2D eigenvalue weighted by Crippen LogP contribution is -2.53. The minimum atomic E-state index is -0.752. The van der Waals surface area contributed by atoms with Crippen LogP contribution in [0.2, 0.25) is 0 Å². The summed E-state index contributed by atoms with van der Waals surface area (Å²) in [7, 11) is 3.59. The number of piperazine rings is 1. The van der Waals surface area contributed by atoms with Crippen LogP contribution in [0.3, 0.4) is 0 Å². The molecule has 1 saturated carbocycles. The molecular formula is C19H29ClN6O3. The molecular weight excluding hydrogens is 396 g/mol. The summed E-state index contributed by atoms with van der Waals surface area (Å²) in [5.74, 6) is 0.370. The van der Waals surface area contributed by atoms with E-state index in [-0.39, 0.29) is 42.8 Å². The Balaban J connectivity index is 0.00000240. The number of aryl methyl sites for hydroxylation is 1. The zero-order valence-electron chi connectivity index (χ0n) is 17.0. The topological polar surface area (TPSA) is 90.8 Å². The molecule has 1 aliphatic carbocycles. The minimum Gasteiger partial charge on any atom is -0.336 e. The van der Waals surface area contributed by atoms with E-state index in [2.05, 4.69) is 10.3 Å². The highest BCUT2D eigenvalue weighted by Gasteiger charge is 2.56. The molecule has 1 aromatic heterocycles. The fraction of sp³-hybridized carbons (Fsp3) is 0.684. The first-order valence-corrected chi connectivity index (χ1v) is 10.0. The molecule has 0 bridgehead atoms. The lowest BCUT2D eigenvalue weighted by molar-refractivity contribution is -0.142. The molecule has 4 rings (SSSR count). The van der Waals surface area contributed by atoms with Crippen molar-refractivity contribution >= 4 is 30.3 Å². The van der Waals surface area contributed by atoms with Gasteiger partial charge in [0.05, 0.1) is 0 Å². The molecule has 3 aliphatic rings. The average Bonchev–Trinajstić information content (AvgIpc) is 3.21. The van der Waals surface area contributed by atoms with Crippen molar-refractivity contribution in [3.63, 3.8) is 0 Å². The Morgan fingerprint density at radius 3 is 2.62 bits per heavy atom. The Bertz CT molecular complexity index is 791. The largest absolute Gasteiger partial charge is 0.336 e. The van der Waals surface area contributed by atoms with Crippen LogP contribution in [0.5, 0.6) is 0 Å². The van der Waals surface area contributed by atoms with Crippen molar-refractivity contribution in [1.29, 1.82) is 0 Å². The van der Waals surface area contributed by atoms with Gasteiger partial charge in [-0.2, -0.15) is 0 Å². The normalized spacial score (nSPS) is 24.2. The summed E-state index contributed by atoms with van der Waals surface area (Å²) in [6.45, 7) is 1.60. The van der Waals surface area contributed by atoms with Gasteiger partial charge in [-0.15, -0.1) is 12.4 Å². The molecule has 2 aliphatic heterocycles. The van der Waals surface area contributed by atoms with E-state index in [4.69, 9.17) is 0 Å². The van der Waals surface area contributed by atoms with Gasteiger partial charge < -0.3 is 19.7 Å². The average molecular weight is 425 g/mol. The number of nitrogens with zero attached hydrogens (tertiary/aromatic N) is 5. The fourth-order valence-electron chi connectivity index (χ4n) is 4.83. The fourth-order valence-corrected chi connectivity index (χ4v) is 4.83. The van der Waals surface area contributed by atoms with Gasteiger partial charge in [-0.1, -0.05) is 19.3 Å². The number of carbonyl (C=O) groups excluding carboxylic acids is 3. The van der Waals surface area contributed by atoms with E-state index >= 15 is 0 Å². The predicted octanol–water partition coefficient (Wildman–Crippen LogP) is 0.912. The van der Waals surface area contributed by atoms with Gasteiger partial charge in [0, 0.05) is 46.1 Å². The van der Waals surface area contributed by atoms with Gasteiger partial charge in [-0.3, -0.25) is 14.5 Å². The Kier molecular flexibility index (Phi) is 6.19. The number of amides is 4. The molecule has 0 radical (unpaired) electrons. The third-order valence-corrected chi connectivity index (χ3v) is 6.50. The minimum absolute atomic E-state index is 0. The van der Waals surface area contributed by atoms with Crippen LogP contribution in [0.1, 0.15) is 44.0 Å². The zero-order chi connectivity index (χ0) is 19.9. The van der Waals surface area contributed by atoms with Gasteiger partial charge in [-0.05, 0) is 12.8 Å². The number of imide groups is 1. The van der Waals surface area contributed by atoms with Crippen LogP contribution < -0.4 is 5.32 Å². The number of hydrogen-bond donors (Lipinski definition) is 1. The van der Waals surface area contributed by atoms with Crippen molar-refractivity contribution in [3.8, 4) is 0 Å². The highest BCUT2D eigenvalue weighted by Crippen LogP contribution is 2.39. The number of imidazole rings is 1. The van der Waals surface area contributed by atoms with Crippen molar-refractivity contribution < 1.29 is 14.4 Å². The molecule has 1 unspecified atom stereocenters. The van der Waals surface area contributed by atoms with Gasteiger partial charge in [0.1, 0.15) is 23.9 Å². The van der Waals surface area contributed by atoms with Gasteiger partial charge in [0.15, 0.2) is 0 Å². The molecule has 29 heavy (non-hydrogen) atoms. The van der Waals surface area contributed by atoms with Crippen molar-refractivity contribution in [2.75, 3.05) is 33.2 Å². The molecule has 9 nitrogen and oxygen atoms in total. The van der Waals surface area contributed by atoms with E-state index in [9.17, 15) is 14.4 Å². The first-order chi connectivity index (χ1) is 13.5. The van der Waals surface area contributed by atoms with Crippen molar-refractivity contribution in [2.24, 2.45) is 7.05 Å².